The quantitative estimate of drug-likeness (QED) is 0.319. The summed E-state index contributed by atoms with van der Waals surface area (Å²) in [5.74, 6) is 8.81. The van der Waals surface area contributed by atoms with Crippen molar-refractivity contribution < 1.29 is 13.2 Å². The number of nitrogen functional groups attached to an aromatic ring is 1. The Morgan fingerprint density at radius 2 is 1.72 bits per heavy atom. The number of hydrogen-bond donors (Lipinski definition) is 1. The Balaban J connectivity index is 1.54. The molecular weight excluding hydrogens is 510 g/mol. The molecule has 3 heterocycles. The molecule has 0 saturated carbocycles. The van der Waals surface area contributed by atoms with E-state index in [1.54, 1.807) is 0 Å². The lowest BCUT2D eigenvalue weighted by Crippen LogP contribution is -2.36. The van der Waals surface area contributed by atoms with Crippen LogP contribution < -0.4 is 10.5 Å². The summed E-state index contributed by atoms with van der Waals surface area (Å²) in [7, 11) is -3.41. The predicted molar refractivity (Wildman–Crippen MR) is 155 cm³/mol. The summed E-state index contributed by atoms with van der Waals surface area (Å²) in [6.07, 6.45) is 2.79. The second kappa shape index (κ2) is 10.9. The summed E-state index contributed by atoms with van der Waals surface area (Å²) >= 11 is 0. The molecule has 0 atom stereocenters. The van der Waals surface area contributed by atoms with Gasteiger partial charge >= 0.3 is 0 Å². The van der Waals surface area contributed by atoms with Gasteiger partial charge in [-0.05, 0) is 62.4 Å². The maximum absolute atomic E-state index is 12.2. The summed E-state index contributed by atoms with van der Waals surface area (Å²) in [6, 6.07) is 17.5. The Kier molecular flexibility index (Phi) is 7.42. The molecule has 1 aliphatic rings. The molecule has 39 heavy (non-hydrogen) atoms. The highest BCUT2D eigenvalue weighted by atomic mass is 32.2. The first-order chi connectivity index (χ1) is 18.8. The standard InChI is InChI=1S/C30H31N5O3S/c1-4-39(36,37)34-18-16-22(17-19-34)10-15-26-27(28-29(31)32-20-33-30(28)35(26)21(2)3)23-11-13-25(14-12-23)38-24-8-6-5-7-9-24/h4-9,11-14,20-22H,1,16-19H2,2-3H3,(H2,31,32,33). The zero-order valence-corrected chi connectivity index (χ0v) is 22.9. The fraction of sp³-hybridized carbons (Fsp3) is 0.267. The van der Waals surface area contributed by atoms with Crippen molar-refractivity contribution in [3.05, 3.63) is 78.6 Å². The molecule has 0 amide bonds. The van der Waals surface area contributed by atoms with Crippen molar-refractivity contribution in [3.63, 3.8) is 0 Å². The van der Waals surface area contributed by atoms with Crippen LogP contribution in [0.2, 0.25) is 0 Å². The van der Waals surface area contributed by atoms with Gasteiger partial charge in [-0.2, -0.15) is 4.31 Å². The number of benzene rings is 2. The van der Waals surface area contributed by atoms with Gasteiger partial charge in [0.1, 0.15) is 35.0 Å². The number of hydrogen-bond acceptors (Lipinski definition) is 6. The van der Waals surface area contributed by atoms with E-state index in [9.17, 15) is 8.42 Å². The van der Waals surface area contributed by atoms with E-state index in [4.69, 9.17) is 10.5 Å². The number of anilines is 1. The van der Waals surface area contributed by atoms with E-state index in [-0.39, 0.29) is 12.0 Å². The molecule has 8 nitrogen and oxygen atoms in total. The number of ether oxygens (including phenoxy) is 1. The van der Waals surface area contributed by atoms with Gasteiger partial charge in [0, 0.05) is 36.0 Å². The Labute approximate surface area is 229 Å². The minimum Gasteiger partial charge on any atom is -0.457 e. The molecule has 0 bridgehead atoms. The van der Waals surface area contributed by atoms with Crippen molar-refractivity contribution in [3.8, 4) is 34.5 Å². The average Bonchev–Trinajstić information content (AvgIpc) is 3.29. The van der Waals surface area contributed by atoms with Crippen LogP contribution in [0.15, 0.2) is 72.9 Å². The zero-order valence-electron chi connectivity index (χ0n) is 22.0. The number of rotatable bonds is 6. The molecule has 200 valence electrons. The Bertz CT molecular complexity index is 1660. The molecule has 5 rings (SSSR count). The fourth-order valence-corrected chi connectivity index (χ4v) is 5.84. The van der Waals surface area contributed by atoms with E-state index in [2.05, 4.69) is 46.8 Å². The maximum atomic E-state index is 12.2. The van der Waals surface area contributed by atoms with E-state index in [1.807, 2.05) is 54.6 Å². The summed E-state index contributed by atoms with van der Waals surface area (Å²) < 4.78 is 33.9. The molecule has 2 aromatic heterocycles. The molecule has 2 N–H and O–H groups in total. The molecular formula is C30H31N5O3S. The van der Waals surface area contributed by atoms with Crippen LogP contribution in [0, 0.1) is 17.8 Å². The third-order valence-electron chi connectivity index (χ3n) is 6.87. The van der Waals surface area contributed by atoms with Crippen molar-refractivity contribution in [1.29, 1.82) is 0 Å². The summed E-state index contributed by atoms with van der Waals surface area (Å²) in [6.45, 7) is 8.45. The highest BCUT2D eigenvalue weighted by Gasteiger charge is 2.26. The third-order valence-corrected chi connectivity index (χ3v) is 8.38. The van der Waals surface area contributed by atoms with Crippen molar-refractivity contribution in [1.82, 2.24) is 18.8 Å². The Hall–Kier alpha value is -4.13. The lowest BCUT2D eigenvalue weighted by molar-refractivity contribution is 0.314. The van der Waals surface area contributed by atoms with Crippen molar-refractivity contribution in [2.45, 2.75) is 32.7 Å². The first kappa shape index (κ1) is 26.5. The topological polar surface area (TPSA) is 103 Å². The van der Waals surface area contributed by atoms with Gasteiger partial charge in [0.05, 0.1) is 5.39 Å². The average molecular weight is 542 g/mol. The van der Waals surface area contributed by atoms with Crippen LogP contribution in [-0.4, -0.2) is 40.3 Å². The first-order valence-corrected chi connectivity index (χ1v) is 14.4. The van der Waals surface area contributed by atoms with E-state index in [0.717, 1.165) is 44.8 Å². The Morgan fingerprint density at radius 3 is 2.36 bits per heavy atom. The van der Waals surface area contributed by atoms with E-state index >= 15 is 0 Å². The number of para-hydroxylation sites is 1. The molecule has 0 radical (unpaired) electrons. The second-order valence-corrected chi connectivity index (χ2v) is 11.6. The third kappa shape index (κ3) is 5.39. The van der Waals surface area contributed by atoms with E-state index < -0.39 is 10.0 Å². The van der Waals surface area contributed by atoms with Gasteiger partial charge in [-0.25, -0.2) is 18.4 Å². The van der Waals surface area contributed by atoms with Crippen LogP contribution in [0.3, 0.4) is 0 Å². The van der Waals surface area contributed by atoms with Gasteiger partial charge < -0.3 is 15.0 Å². The number of nitrogens with two attached hydrogens (primary N) is 1. The Morgan fingerprint density at radius 1 is 1.05 bits per heavy atom. The highest BCUT2D eigenvalue weighted by molar-refractivity contribution is 7.92. The molecule has 4 aromatic rings. The summed E-state index contributed by atoms with van der Waals surface area (Å²) in [5, 5.41) is 1.77. The van der Waals surface area contributed by atoms with Crippen LogP contribution in [0.1, 0.15) is 38.4 Å². The number of fused-ring (bicyclic) bond motifs is 1. The molecule has 9 heteroatoms. The van der Waals surface area contributed by atoms with Gasteiger partial charge in [0.15, 0.2) is 0 Å². The summed E-state index contributed by atoms with van der Waals surface area (Å²) in [4.78, 5) is 8.86. The highest BCUT2D eigenvalue weighted by Crippen LogP contribution is 2.39. The van der Waals surface area contributed by atoms with Crippen LogP contribution in [0.5, 0.6) is 11.5 Å². The largest absolute Gasteiger partial charge is 0.457 e. The van der Waals surface area contributed by atoms with Crippen molar-refractivity contribution in [2.75, 3.05) is 18.8 Å². The number of sulfonamides is 1. The molecule has 2 aromatic carbocycles. The van der Waals surface area contributed by atoms with Crippen LogP contribution in [0.4, 0.5) is 5.82 Å². The second-order valence-electron chi connectivity index (χ2n) is 9.74. The van der Waals surface area contributed by atoms with Gasteiger partial charge in [0.2, 0.25) is 10.0 Å². The predicted octanol–water partition coefficient (Wildman–Crippen LogP) is 5.59. The van der Waals surface area contributed by atoms with Crippen LogP contribution in [0.25, 0.3) is 22.2 Å². The minimum atomic E-state index is -3.41. The van der Waals surface area contributed by atoms with Gasteiger partial charge in [-0.1, -0.05) is 42.8 Å². The summed E-state index contributed by atoms with van der Waals surface area (Å²) in [5.41, 5.74) is 9.75. The lowest BCUT2D eigenvalue weighted by atomic mass is 9.97. The molecule has 1 fully saturated rings. The zero-order chi connectivity index (χ0) is 27.6. The minimum absolute atomic E-state index is 0.0674. The number of nitrogens with zero attached hydrogens (tertiary/aromatic N) is 4. The van der Waals surface area contributed by atoms with Crippen LogP contribution in [-0.2, 0) is 10.0 Å². The van der Waals surface area contributed by atoms with E-state index in [0.29, 0.717) is 31.7 Å². The lowest BCUT2D eigenvalue weighted by Gasteiger charge is -2.27. The normalized spacial score (nSPS) is 14.7. The number of piperidine rings is 1. The first-order valence-electron chi connectivity index (χ1n) is 12.9. The van der Waals surface area contributed by atoms with Gasteiger partial charge in [-0.3, -0.25) is 0 Å². The van der Waals surface area contributed by atoms with Crippen molar-refractivity contribution in [2.24, 2.45) is 5.92 Å². The fourth-order valence-electron chi connectivity index (χ4n) is 4.91. The maximum Gasteiger partial charge on any atom is 0.235 e. The molecule has 1 aliphatic heterocycles. The van der Waals surface area contributed by atoms with E-state index in [1.165, 1.54) is 10.6 Å². The molecule has 0 aliphatic carbocycles. The molecule has 1 saturated heterocycles. The molecule has 0 spiro atoms. The van der Waals surface area contributed by atoms with Crippen molar-refractivity contribution >= 4 is 26.9 Å². The van der Waals surface area contributed by atoms with Crippen LogP contribution >= 0.6 is 0 Å². The number of aromatic nitrogens is 3. The SMILES string of the molecule is C=CS(=O)(=O)N1CCC(C#Cc2c(-c3ccc(Oc4ccccc4)cc3)c3c(N)ncnc3n2C(C)C)CC1. The molecule has 0 unspecified atom stereocenters. The van der Waals surface area contributed by atoms with Gasteiger partial charge in [0.25, 0.3) is 0 Å². The van der Waals surface area contributed by atoms with Gasteiger partial charge in [-0.15, -0.1) is 0 Å². The monoisotopic (exact) mass is 541 g/mol. The smallest absolute Gasteiger partial charge is 0.235 e.